The Hall–Kier alpha value is -3.77. The van der Waals surface area contributed by atoms with Crippen LogP contribution in [0.4, 0.5) is 14.5 Å². The van der Waals surface area contributed by atoms with Gasteiger partial charge in [0.15, 0.2) is 11.6 Å². The number of rotatable bonds is 7. The van der Waals surface area contributed by atoms with Gasteiger partial charge in [0, 0.05) is 29.7 Å². The van der Waals surface area contributed by atoms with Gasteiger partial charge in [0.25, 0.3) is 17.6 Å². The van der Waals surface area contributed by atoms with Crippen LogP contribution >= 0.6 is 0 Å². The zero-order valence-corrected chi connectivity index (χ0v) is 19.7. The van der Waals surface area contributed by atoms with Gasteiger partial charge in [0.1, 0.15) is 11.2 Å². The maximum absolute atomic E-state index is 13.7. The first-order valence-electron chi connectivity index (χ1n) is 11.5. The van der Waals surface area contributed by atoms with E-state index in [2.05, 4.69) is 23.0 Å². The quantitative estimate of drug-likeness (QED) is 0.165. The number of carbonyl (C=O) groups is 3. The molecule has 5 rings (SSSR count). The summed E-state index contributed by atoms with van der Waals surface area (Å²) in [5.74, 6) is 1.46. The van der Waals surface area contributed by atoms with E-state index in [1.54, 1.807) is 6.92 Å². The molecule has 3 atom stereocenters. The smallest absolute Gasteiger partial charge is 0.293 e. The number of nitrogens with zero attached hydrogens (tertiary/aromatic N) is 1. The highest BCUT2D eigenvalue weighted by atomic mass is 19.2. The summed E-state index contributed by atoms with van der Waals surface area (Å²) < 4.78 is 34.0. The molecule has 3 unspecified atom stereocenters. The lowest BCUT2D eigenvalue weighted by molar-refractivity contribution is -0.125. The number of nitrogens with one attached hydrogen (secondary N) is 3. The van der Waals surface area contributed by atoms with Gasteiger partial charge in [0.2, 0.25) is 0 Å². The fourth-order valence-corrected chi connectivity index (χ4v) is 5.36. The molecule has 1 aromatic carbocycles. The van der Waals surface area contributed by atoms with Crippen molar-refractivity contribution in [1.29, 1.82) is 0 Å². The monoisotopic (exact) mass is 500 g/mol. The third-order valence-electron chi connectivity index (χ3n) is 7.46. The molecule has 1 aliphatic carbocycles. The highest BCUT2D eigenvalue weighted by Crippen LogP contribution is 2.59. The van der Waals surface area contributed by atoms with Crippen molar-refractivity contribution >= 4 is 23.3 Å². The molecule has 10 nitrogen and oxygen atoms in total. The zero-order valence-electron chi connectivity index (χ0n) is 19.7. The number of carbonyl (C=O) groups excluding carboxylic acids is 3. The van der Waals surface area contributed by atoms with Crippen LogP contribution in [0.3, 0.4) is 0 Å². The second-order valence-electron chi connectivity index (χ2n) is 9.59. The SMILES string of the molecule is Cc1c(C(=O)C(=O)NC2(/C(N)=C/NN)COC2)c2n(c1C(=O)Nc1ccc(F)c(F)c1)C1C(C)C1C2. The summed E-state index contributed by atoms with van der Waals surface area (Å²) in [7, 11) is 0. The number of fused-ring (bicyclic) bond motifs is 3. The van der Waals surface area contributed by atoms with Crippen molar-refractivity contribution in [1.82, 2.24) is 15.3 Å². The number of anilines is 1. The average Bonchev–Trinajstić information content (AvgIpc) is 3.11. The zero-order chi connectivity index (χ0) is 25.9. The summed E-state index contributed by atoms with van der Waals surface area (Å²) >= 11 is 0. The number of aromatic nitrogens is 1. The van der Waals surface area contributed by atoms with E-state index >= 15 is 0 Å². The average molecular weight is 501 g/mol. The van der Waals surface area contributed by atoms with Crippen LogP contribution in [0.1, 0.15) is 45.1 Å². The summed E-state index contributed by atoms with van der Waals surface area (Å²) in [6.07, 6.45) is 1.86. The van der Waals surface area contributed by atoms with Crippen molar-refractivity contribution in [3.8, 4) is 0 Å². The van der Waals surface area contributed by atoms with Gasteiger partial charge in [-0.2, -0.15) is 0 Å². The van der Waals surface area contributed by atoms with Gasteiger partial charge >= 0.3 is 0 Å². The number of nitrogens with two attached hydrogens (primary N) is 2. The van der Waals surface area contributed by atoms with Crippen LogP contribution in [-0.2, 0) is 16.0 Å². The molecule has 2 fully saturated rings. The largest absolute Gasteiger partial charge is 0.399 e. The third kappa shape index (κ3) is 3.56. The van der Waals surface area contributed by atoms with Gasteiger partial charge in [-0.3, -0.25) is 20.2 Å². The predicted molar refractivity (Wildman–Crippen MR) is 124 cm³/mol. The summed E-state index contributed by atoms with van der Waals surface area (Å²) in [5.41, 5.74) is 8.86. The summed E-state index contributed by atoms with van der Waals surface area (Å²) in [4.78, 5) is 39.8. The number of ether oxygens (including phenoxy) is 1. The minimum atomic E-state index is -1.10. The molecule has 1 aromatic heterocycles. The number of hydrogen-bond acceptors (Lipinski definition) is 7. The molecule has 2 aromatic rings. The van der Waals surface area contributed by atoms with Crippen LogP contribution in [-0.4, -0.2) is 40.9 Å². The van der Waals surface area contributed by atoms with Crippen molar-refractivity contribution in [2.45, 2.75) is 31.8 Å². The Morgan fingerprint density at radius 3 is 2.56 bits per heavy atom. The Morgan fingerprint density at radius 1 is 1.22 bits per heavy atom. The molecule has 36 heavy (non-hydrogen) atoms. The first-order valence-corrected chi connectivity index (χ1v) is 11.5. The molecule has 0 radical (unpaired) electrons. The van der Waals surface area contributed by atoms with E-state index in [-0.39, 0.29) is 47.8 Å². The number of benzene rings is 1. The van der Waals surface area contributed by atoms with Gasteiger partial charge in [0.05, 0.1) is 24.5 Å². The van der Waals surface area contributed by atoms with Crippen molar-refractivity contribution in [2.75, 3.05) is 18.5 Å². The topological polar surface area (TPSA) is 154 Å². The Morgan fingerprint density at radius 2 is 1.94 bits per heavy atom. The first-order chi connectivity index (χ1) is 17.1. The van der Waals surface area contributed by atoms with Crippen molar-refractivity contribution in [3.05, 3.63) is 64.2 Å². The van der Waals surface area contributed by atoms with Gasteiger partial charge < -0.3 is 31.1 Å². The van der Waals surface area contributed by atoms with Crippen LogP contribution in [0, 0.1) is 30.4 Å². The molecule has 1 saturated carbocycles. The van der Waals surface area contributed by atoms with Crippen molar-refractivity contribution < 1.29 is 27.9 Å². The lowest BCUT2D eigenvalue weighted by Gasteiger charge is -2.42. The van der Waals surface area contributed by atoms with Crippen LogP contribution in [0.5, 0.6) is 0 Å². The summed E-state index contributed by atoms with van der Waals surface area (Å²) in [5, 5.41) is 5.24. The van der Waals surface area contributed by atoms with Gasteiger partial charge in [-0.25, -0.2) is 8.78 Å². The molecule has 3 heterocycles. The second kappa shape index (κ2) is 8.42. The van der Waals surface area contributed by atoms with E-state index in [0.717, 1.165) is 12.1 Å². The maximum atomic E-state index is 13.7. The number of Topliss-reactive ketones (excluding diaryl/α,β-unsaturated/α-hetero) is 1. The van der Waals surface area contributed by atoms with Crippen LogP contribution in [0.15, 0.2) is 30.1 Å². The number of ketones is 1. The van der Waals surface area contributed by atoms with Gasteiger partial charge in [-0.15, -0.1) is 0 Å². The molecule has 7 N–H and O–H groups in total. The minimum absolute atomic E-state index is 0.0228. The molecular weight excluding hydrogens is 474 g/mol. The number of halogens is 2. The van der Waals surface area contributed by atoms with E-state index in [1.165, 1.54) is 12.3 Å². The summed E-state index contributed by atoms with van der Waals surface area (Å²) in [6, 6.07) is 3.07. The first kappa shape index (κ1) is 23.9. The molecule has 12 heteroatoms. The Kier molecular flexibility index (Phi) is 5.60. The van der Waals surface area contributed by atoms with E-state index in [9.17, 15) is 23.2 Å². The highest BCUT2D eigenvalue weighted by molar-refractivity contribution is 6.44. The van der Waals surface area contributed by atoms with Crippen molar-refractivity contribution in [2.24, 2.45) is 23.4 Å². The van der Waals surface area contributed by atoms with E-state index in [1.807, 2.05) is 4.57 Å². The number of amides is 2. The summed E-state index contributed by atoms with van der Waals surface area (Å²) in [6.45, 7) is 3.81. The molecular formula is C24H26F2N6O4. The van der Waals surface area contributed by atoms with Crippen LogP contribution < -0.4 is 27.6 Å². The van der Waals surface area contributed by atoms with Crippen LogP contribution in [0.25, 0.3) is 0 Å². The van der Waals surface area contributed by atoms with E-state index in [0.29, 0.717) is 23.6 Å². The van der Waals surface area contributed by atoms with Gasteiger partial charge in [-0.1, -0.05) is 6.92 Å². The standard InChI is InChI=1S/C24H26F2N6O4/c1-10-13-6-16-18(21(33)23(35)31-24(8-36-9-24)17(27)7-29-28)11(2)20(32(16)19(10)13)22(34)30-12-3-4-14(25)15(26)5-12/h3-5,7,10,13,19,29H,6,8-9,27-28H2,1-2H3,(H,30,34)(H,31,35)/b17-7-. The van der Waals surface area contributed by atoms with E-state index < -0.39 is 34.8 Å². The fraction of sp³-hybridized carbons (Fsp3) is 0.375. The highest BCUT2D eigenvalue weighted by Gasteiger charge is 2.56. The molecule has 0 bridgehead atoms. The Bertz CT molecular complexity index is 1330. The molecule has 3 aliphatic rings. The third-order valence-corrected chi connectivity index (χ3v) is 7.46. The van der Waals surface area contributed by atoms with E-state index in [4.69, 9.17) is 16.3 Å². The molecule has 0 spiro atoms. The normalized spacial score (nSPS) is 23.2. The Balaban J connectivity index is 1.47. The van der Waals surface area contributed by atoms with Gasteiger partial charge in [-0.05, 0) is 42.9 Å². The second-order valence-corrected chi connectivity index (χ2v) is 9.59. The molecule has 190 valence electrons. The number of hydrogen-bond donors (Lipinski definition) is 5. The molecule has 2 amide bonds. The molecule has 2 aliphatic heterocycles. The maximum Gasteiger partial charge on any atom is 0.293 e. The van der Waals surface area contributed by atoms with Crippen molar-refractivity contribution in [3.63, 3.8) is 0 Å². The van der Waals surface area contributed by atoms with Crippen LogP contribution in [0.2, 0.25) is 0 Å². The lowest BCUT2D eigenvalue weighted by atomic mass is 9.92. The Labute approximate surface area is 205 Å². The lowest BCUT2D eigenvalue weighted by Crippen LogP contribution is -2.66. The predicted octanol–water partition coefficient (Wildman–Crippen LogP) is 1.02. The fourth-order valence-electron chi connectivity index (χ4n) is 5.36. The number of hydrazine groups is 1. The molecule has 1 saturated heterocycles. The minimum Gasteiger partial charge on any atom is -0.399 e.